The van der Waals surface area contributed by atoms with Gasteiger partial charge in [0.2, 0.25) is 0 Å². The van der Waals surface area contributed by atoms with E-state index < -0.39 is 6.43 Å². The van der Waals surface area contributed by atoms with E-state index in [0.717, 1.165) is 10.9 Å². The second-order valence-electron chi connectivity index (χ2n) is 3.86. The summed E-state index contributed by atoms with van der Waals surface area (Å²) in [7, 11) is 1.58. The summed E-state index contributed by atoms with van der Waals surface area (Å²) < 4.78 is 29.2. The van der Waals surface area contributed by atoms with E-state index in [9.17, 15) is 8.78 Å². The van der Waals surface area contributed by atoms with Gasteiger partial charge in [0, 0.05) is 11.9 Å². The van der Waals surface area contributed by atoms with Gasteiger partial charge in [-0.2, -0.15) is 0 Å². The van der Waals surface area contributed by atoms with Gasteiger partial charge in [-0.25, -0.2) is 13.8 Å². The number of hydrogen-bond donors (Lipinski definition) is 1. The number of ether oxygens (including phenoxy) is 1. The van der Waals surface area contributed by atoms with Crippen molar-refractivity contribution < 1.29 is 13.5 Å². The molecule has 0 saturated heterocycles. The predicted molar refractivity (Wildman–Crippen MR) is 66.0 cm³/mol. The molecular weight excluding hydrogens is 238 g/mol. The first kappa shape index (κ1) is 12.7. The molecule has 3 nitrogen and oxygen atoms in total. The van der Waals surface area contributed by atoms with E-state index in [-0.39, 0.29) is 6.54 Å². The number of aromatic nitrogens is 1. The molecule has 1 aromatic carbocycles. The summed E-state index contributed by atoms with van der Waals surface area (Å²) in [5.74, 6) is 0.684. The Morgan fingerprint density at radius 2 is 2.11 bits per heavy atom. The third-order valence-corrected chi connectivity index (χ3v) is 2.57. The molecule has 1 aromatic heterocycles. The van der Waals surface area contributed by atoms with E-state index >= 15 is 0 Å². The van der Waals surface area contributed by atoms with Crippen LogP contribution in [0.5, 0.6) is 5.75 Å². The molecule has 0 aliphatic carbocycles. The second-order valence-corrected chi connectivity index (χ2v) is 3.86. The monoisotopic (exact) mass is 252 g/mol. The molecule has 0 aliphatic rings. The number of hydrogen-bond acceptors (Lipinski definition) is 3. The van der Waals surface area contributed by atoms with Gasteiger partial charge < -0.3 is 10.1 Å². The number of methoxy groups -OCH3 is 1. The molecule has 18 heavy (non-hydrogen) atoms. The fourth-order valence-corrected chi connectivity index (χ4v) is 1.73. The molecule has 0 unspecified atom stereocenters. The SMILES string of the molecule is COc1cccc2ccc(CNCC(F)F)nc12. The molecule has 1 N–H and O–H groups in total. The predicted octanol–water partition coefficient (Wildman–Crippen LogP) is 2.60. The highest BCUT2D eigenvalue weighted by Crippen LogP contribution is 2.23. The van der Waals surface area contributed by atoms with E-state index in [1.165, 1.54) is 0 Å². The number of nitrogens with zero attached hydrogens (tertiary/aromatic N) is 1. The van der Waals surface area contributed by atoms with Gasteiger partial charge in [0.05, 0.1) is 19.3 Å². The Kier molecular flexibility index (Phi) is 4.04. The average molecular weight is 252 g/mol. The molecule has 0 radical (unpaired) electrons. The van der Waals surface area contributed by atoms with Gasteiger partial charge in [0.15, 0.2) is 0 Å². The molecule has 2 aromatic rings. The molecule has 96 valence electrons. The quantitative estimate of drug-likeness (QED) is 0.888. The summed E-state index contributed by atoms with van der Waals surface area (Å²) in [4.78, 5) is 4.41. The maximum absolute atomic E-state index is 12.0. The van der Waals surface area contributed by atoms with Crippen LogP contribution in [-0.2, 0) is 6.54 Å². The van der Waals surface area contributed by atoms with E-state index in [4.69, 9.17) is 4.74 Å². The molecule has 0 saturated carbocycles. The lowest BCUT2D eigenvalue weighted by Gasteiger charge is -2.07. The zero-order valence-electron chi connectivity index (χ0n) is 9.99. The molecule has 0 fully saturated rings. The number of nitrogens with one attached hydrogen (secondary N) is 1. The van der Waals surface area contributed by atoms with Crippen LogP contribution in [0.15, 0.2) is 30.3 Å². The van der Waals surface area contributed by atoms with Crippen LogP contribution in [0.4, 0.5) is 8.78 Å². The lowest BCUT2D eigenvalue weighted by atomic mass is 10.2. The van der Waals surface area contributed by atoms with Gasteiger partial charge in [-0.1, -0.05) is 18.2 Å². The molecule has 0 bridgehead atoms. The fourth-order valence-electron chi connectivity index (χ4n) is 1.73. The number of fused-ring (bicyclic) bond motifs is 1. The minimum Gasteiger partial charge on any atom is -0.494 e. The number of halogens is 2. The summed E-state index contributed by atoms with van der Waals surface area (Å²) in [6.45, 7) is -0.00995. The molecule has 5 heteroatoms. The van der Waals surface area contributed by atoms with Crippen molar-refractivity contribution in [3.05, 3.63) is 36.0 Å². The Morgan fingerprint density at radius 1 is 1.28 bits per heavy atom. The first-order valence-electron chi connectivity index (χ1n) is 5.62. The van der Waals surface area contributed by atoms with Crippen LogP contribution in [0.3, 0.4) is 0 Å². The number of para-hydroxylation sites is 1. The van der Waals surface area contributed by atoms with Gasteiger partial charge in [0.25, 0.3) is 6.43 Å². The number of alkyl halides is 2. The largest absolute Gasteiger partial charge is 0.494 e. The number of benzene rings is 1. The van der Waals surface area contributed by atoms with Crippen molar-refractivity contribution in [2.24, 2.45) is 0 Å². The van der Waals surface area contributed by atoms with Gasteiger partial charge in [-0.05, 0) is 12.1 Å². The van der Waals surface area contributed by atoms with Crippen molar-refractivity contribution in [2.45, 2.75) is 13.0 Å². The van der Waals surface area contributed by atoms with Crippen LogP contribution in [-0.4, -0.2) is 25.1 Å². The second kappa shape index (κ2) is 5.73. The molecule has 0 aliphatic heterocycles. The van der Waals surface area contributed by atoms with Crippen molar-refractivity contribution in [1.82, 2.24) is 10.3 Å². The fraction of sp³-hybridized carbons (Fsp3) is 0.308. The Balaban J connectivity index is 2.20. The molecule has 2 rings (SSSR count). The van der Waals surface area contributed by atoms with Gasteiger partial charge in [0.1, 0.15) is 11.3 Å². The highest BCUT2D eigenvalue weighted by atomic mass is 19.3. The summed E-state index contributed by atoms with van der Waals surface area (Å²) in [6.07, 6.45) is -2.35. The van der Waals surface area contributed by atoms with E-state index in [1.807, 2.05) is 30.3 Å². The van der Waals surface area contributed by atoms with Crippen molar-refractivity contribution in [1.29, 1.82) is 0 Å². The van der Waals surface area contributed by atoms with Gasteiger partial charge in [-0.15, -0.1) is 0 Å². The molecule has 0 atom stereocenters. The minimum absolute atomic E-state index is 0.318. The Morgan fingerprint density at radius 3 is 2.83 bits per heavy atom. The number of rotatable bonds is 5. The maximum Gasteiger partial charge on any atom is 0.250 e. The topological polar surface area (TPSA) is 34.1 Å². The van der Waals surface area contributed by atoms with Gasteiger partial charge in [-0.3, -0.25) is 0 Å². The molecule has 1 heterocycles. The Hall–Kier alpha value is -1.75. The third-order valence-electron chi connectivity index (χ3n) is 2.57. The van der Waals surface area contributed by atoms with Crippen molar-refractivity contribution >= 4 is 10.9 Å². The van der Waals surface area contributed by atoms with Crippen LogP contribution in [0.1, 0.15) is 5.69 Å². The van der Waals surface area contributed by atoms with Crippen molar-refractivity contribution in [2.75, 3.05) is 13.7 Å². The molecule has 0 spiro atoms. The van der Waals surface area contributed by atoms with Gasteiger partial charge >= 0.3 is 0 Å². The number of pyridine rings is 1. The van der Waals surface area contributed by atoms with Crippen LogP contribution in [0.25, 0.3) is 10.9 Å². The first-order valence-corrected chi connectivity index (χ1v) is 5.62. The summed E-state index contributed by atoms with van der Waals surface area (Å²) in [5.41, 5.74) is 1.46. The standard InChI is InChI=1S/C13H14F2N2O/c1-18-11-4-2-3-9-5-6-10(17-13(9)11)7-16-8-12(14)15/h2-6,12,16H,7-8H2,1H3. The average Bonchev–Trinajstić information content (AvgIpc) is 2.37. The Labute approximate surface area is 104 Å². The minimum atomic E-state index is -2.35. The summed E-state index contributed by atoms with van der Waals surface area (Å²) >= 11 is 0. The lowest BCUT2D eigenvalue weighted by molar-refractivity contribution is 0.145. The first-order chi connectivity index (χ1) is 8.70. The van der Waals surface area contributed by atoms with E-state index in [0.29, 0.717) is 18.0 Å². The third kappa shape index (κ3) is 2.92. The molecule has 0 amide bonds. The molecular formula is C13H14F2N2O. The van der Waals surface area contributed by atoms with Crippen LogP contribution < -0.4 is 10.1 Å². The highest BCUT2D eigenvalue weighted by molar-refractivity contribution is 5.84. The van der Waals surface area contributed by atoms with Crippen LogP contribution >= 0.6 is 0 Å². The van der Waals surface area contributed by atoms with E-state index in [1.54, 1.807) is 7.11 Å². The lowest BCUT2D eigenvalue weighted by Crippen LogP contribution is -2.21. The van der Waals surface area contributed by atoms with Crippen LogP contribution in [0, 0.1) is 0 Å². The van der Waals surface area contributed by atoms with Crippen molar-refractivity contribution in [3.8, 4) is 5.75 Å². The van der Waals surface area contributed by atoms with Crippen LogP contribution in [0.2, 0.25) is 0 Å². The highest BCUT2D eigenvalue weighted by Gasteiger charge is 2.05. The zero-order chi connectivity index (χ0) is 13.0. The van der Waals surface area contributed by atoms with E-state index in [2.05, 4.69) is 10.3 Å². The summed E-state index contributed by atoms with van der Waals surface area (Å²) in [5, 5.41) is 3.61. The smallest absolute Gasteiger partial charge is 0.250 e. The normalized spacial score (nSPS) is 11.1. The Bertz CT molecular complexity index is 531. The zero-order valence-corrected chi connectivity index (χ0v) is 9.99. The maximum atomic E-state index is 12.0. The van der Waals surface area contributed by atoms with Crippen molar-refractivity contribution in [3.63, 3.8) is 0 Å². The summed E-state index contributed by atoms with van der Waals surface area (Å²) in [6, 6.07) is 9.37.